The molecule has 1 N–H and O–H groups in total. The van der Waals surface area contributed by atoms with Crippen LogP contribution < -0.4 is 15.4 Å². The highest BCUT2D eigenvalue weighted by molar-refractivity contribution is 5.76. The Balaban J connectivity index is 1.34. The number of unbranched alkanes of at least 4 members (excludes halogenated alkanes) is 1. The van der Waals surface area contributed by atoms with Crippen molar-refractivity contribution in [1.82, 2.24) is 19.8 Å². The molecule has 0 spiro atoms. The second-order valence-electron chi connectivity index (χ2n) is 8.98. The number of hydrogen-bond donors (Lipinski definition) is 1. The first-order valence-corrected chi connectivity index (χ1v) is 12.3. The predicted octanol–water partition coefficient (Wildman–Crippen LogP) is 2.32. The lowest BCUT2D eigenvalue weighted by atomic mass is 10.2. The molecule has 2 aromatic rings. The van der Waals surface area contributed by atoms with Gasteiger partial charge in [-0.25, -0.2) is 4.98 Å². The third kappa shape index (κ3) is 6.35. The van der Waals surface area contributed by atoms with E-state index in [-0.39, 0.29) is 11.5 Å². The van der Waals surface area contributed by atoms with Gasteiger partial charge in [-0.15, -0.1) is 0 Å². The summed E-state index contributed by atoms with van der Waals surface area (Å²) in [6.45, 7) is 9.54. The van der Waals surface area contributed by atoms with Gasteiger partial charge in [0.2, 0.25) is 11.9 Å². The summed E-state index contributed by atoms with van der Waals surface area (Å²) in [5.74, 6) is 0.867. The van der Waals surface area contributed by atoms with Gasteiger partial charge in [0.25, 0.3) is 5.56 Å². The number of hydrogen-bond acceptors (Lipinski definition) is 6. The van der Waals surface area contributed by atoms with Crippen molar-refractivity contribution in [2.45, 2.75) is 39.2 Å². The molecule has 0 radical (unpaired) electrons. The fourth-order valence-electron chi connectivity index (χ4n) is 4.62. The van der Waals surface area contributed by atoms with E-state index in [1.54, 1.807) is 6.07 Å². The third-order valence-electron chi connectivity index (χ3n) is 6.55. The quantitative estimate of drug-likeness (QED) is 0.695. The molecule has 2 saturated heterocycles. The number of H-pyrrole nitrogens is 1. The van der Waals surface area contributed by atoms with E-state index in [9.17, 15) is 9.59 Å². The van der Waals surface area contributed by atoms with Gasteiger partial charge in [-0.3, -0.25) is 19.5 Å². The molecular weight excluding hydrogens is 416 g/mol. The van der Waals surface area contributed by atoms with E-state index in [4.69, 9.17) is 4.98 Å². The molecule has 8 heteroatoms. The van der Waals surface area contributed by atoms with Crippen LogP contribution in [0.5, 0.6) is 0 Å². The van der Waals surface area contributed by atoms with Crippen LogP contribution in [0.25, 0.3) is 0 Å². The zero-order chi connectivity index (χ0) is 23.0. The van der Waals surface area contributed by atoms with E-state index < -0.39 is 0 Å². The summed E-state index contributed by atoms with van der Waals surface area (Å²) in [6, 6.07) is 12.1. The van der Waals surface area contributed by atoms with Gasteiger partial charge in [-0.05, 0) is 25.0 Å². The van der Waals surface area contributed by atoms with Crippen molar-refractivity contribution in [3.05, 3.63) is 52.4 Å². The minimum atomic E-state index is -0.113. The van der Waals surface area contributed by atoms with Crippen molar-refractivity contribution in [3.63, 3.8) is 0 Å². The molecule has 0 unspecified atom stereocenters. The van der Waals surface area contributed by atoms with E-state index in [1.165, 1.54) is 5.69 Å². The average Bonchev–Trinajstić information content (AvgIpc) is 3.10. The fraction of sp³-hybridized carbons (Fsp3) is 0.560. The standard InChI is InChI=1S/C25H36N6O2/c1-2-3-10-24(33)30-11-7-12-31(18-17-30)25-26-21(19-23(32)27-25)20-28-13-15-29(16-14-28)22-8-5-4-6-9-22/h4-6,8-9,19H,2-3,7,10-18,20H2,1H3,(H,26,27,32). The molecule has 1 amide bonds. The number of nitrogens with zero attached hydrogens (tertiary/aromatic N) is 5. The van der Waals surface area contributed by atoms with E-state index in [1.807, 2.05) is 11.0 Å². The van der Waals surface area contributed by atoms with Crippen LogP contribution in [-0.2, 0) is 11.3 Å². The first-order chi connectivity index (χ1) is 16.1. The van der Waals surface area contributed by atoms with Crippen molar-refractivity contribution < 1.29 is 4.79 Å². The molecule has 1 aromatic heterocycles. The Morgan fingerprint density at radius 2 is 1.73 bits per heavy atom. The van der Waals surface area contributed by atoms with Crippen LogP contribution in [-0.4, -0.2) is 78.0 Å². The maximum Gasteiger partial charge on any atom is 0.252 e. The highest BCUT2D eigenvalue weighted by Crippen LogP contribution is 2.17. The molecule has 3 heterocycles. The van der Waals surface area contributed by atoms with Crippen LogP contribution in [0.15, 0.2) is 41.2 Å². The van der Waals surface area contributed by atoms with Crippen molar-refractivity contribution >= 4 is 17.5 Å². The molecule has 0 atom stereocenters. The topological polar surface area (TPSA) is 75.8 Å². The van der Waals surface area contributed by atoms with Gasteiger partial charge in [0.15, 0.2) is 0 Å². The number of aromatic nitrogens is 2. The summed E-state index contributed by atoms with van der Waals surface area (Å²) in [4.78, 5) is 41.4. The maximum atomic E-state index is 12.4. The zero-order valence-corrected chi connectivity index (χ0v) is 19.7. The summed E-state index contributed by atoms with van der Waals surface area (Å²) in [6.07, 6.45) is 3.48. The number of carbonyl (C=O) groups excluding carboxylic acids is 1. The van der Waals surface area contributed by atoms with Crippen LogP contribution in [0.3, 0.4) is 0 Å². The Morgan fingerprint density at radius 1 is 0.970 bits per heavy atom. The molecule has 0 aliphatic carbocycles. The third-order valence-corrected chi connectivity index (χ3v) is 6.55. The number of carbonyl (C=O) groups is 1. The molecular formula is C25H36N6O2. The lowest BCUT2D eigenvalue weighted by molar-refractivity contribution is -0.131. The van der Waals surface area contributed by atoms with Crippen molar-refractivity contribution in [3.8, 4) is 0 Å². The molecule has 2 aliphatic heterocycles. The fourth-order valence-corrected chi connectivity index (χ4v) is 4.62. The number of amides is 1. The number of piperazine rings is 1. The van der Waals surface area contributed by atoms with Gasteiger partial charge in [-0.1, -0.05) is 31.5 Å². The Hall–Kier alpha value is -2.87. The number of benzene rings is 1. The number of para-hydroxylation sites is 1. The molecule has 178 valence electrons. The largest absolute Gasteiger partial charge is 0.369 e. The molecule has 0 saturated carbocycles. The number of anilines is 2. The van der Waals surface area contributed by atoms with Crippen molar-refractivity contribution in [2.75, 3.05) is 62.2 Å². The normalized spacial score (nSPS) is 17.8. The van der Waals surface area contributed by atoms with Gasteiger partial charge < -0.3 is 14.7 Å². The Bertz CT molecular complexity index is 955. The summed E-state index contributed by atoms with van der Waals surface area (Å²) in [7, 11) is 0. The van der Waals surface area contributed by atoms with Crippen LogP contribution in [0.4, 0.5) is 11.6 Å². The predicted molar refractivity (Wildman–Crippen MR) is 132 cm³/mol. The van der Waals surface area contributed by atoms with Gasteiger partial charge in [0, 0.05) is 77.1 Å². The van der Waals surface area contributed by atoms with Crippen molar-refractivity contribution in [2.24, 2.45) is 0 Å². The van der Waals surface area contributed by atoms with Gasteiger partial charge in [-0.2, -0.15) is 0 Å². The number of rotatable bonds is 7. The average molecular weight is 453 g/mol. The highest BCUT2D eigenvalue weighted by Gasteiger charge is 2.22. The maximum absolute atomic E-state index is 12.4. The van der Waals surface area contributed by atoms with E-state index in [0.29, 0.717) is 32.0 Å². The molecule has 1 aromatic carbocycles. The molecule has 8 nitrogen and oxygen atoms in total. The molecule has 33 heavy (non-hydrogen) atoms. The number of nitrogens with one attached hydrogen (secondary N) is 1. The molecule has 4 rings (SSSR count). The molecule has 0 bridgehead atoms. The minimum Gasteiger partial charge on any atom is -0.369 e. The second kappa shape index (κ2) is 11.3. The van der Waals surface area contributed by atoms with Gasteiger partial charge >= 0.3 is 0 Å². The minimum absolute atomic E-state index is 0.113. The monoisotopic (exact) mass is 452 g/mol. The van der Waals surface area contributed by atoms with E-state index in [2.05, 4.69) is 50.9 Å². The lowest BCUT2D eigenvalue weighted by Crippen LogP contribution is -2.46. The summed E-state index contributed by atoms with van der Waals surface area (Å²) >= 11 is 0. The zero-order valence-electron chi connectivity index (χ0n) is 19.7. The van der Waals surface area contributed by atoms with Crippen molar-refractivity contribution in [1.29, 1.82) is 0 Å². The van der Waals surface area contributed by atoms with Gasteiger partial charge in [0.1, 0.15) is 0 Å². The molecule has 2 fully saturated rings. The summed E-state index contributed by atoms with van der Waals surface area (Å²) < 4.78 is 0. The summed E-state index contributed by atoms with van der Waals surface area (Å²) in [5, 5.41) is 0. The Morgan fingerprint density at radius 3 is 2.48 bits per heavy atom. The lowest BCUT2D eigenvalue weighted by Gasteiger charge is -2.36. The first-order valence-electron chi connectivity index (χ1n) is 12.3. The Labute approximate surface area is 196 Å². The smallest absolute Gasteiger partial charge is 0.252 e. The van der Waals surface area contributed by atoms with E-state index >= 15 is 0 Å². The Kier molecular flexibility index (Phi) is 7.99. The SMILES string of the molecule is CCCCC(=O)N1CCCN(c2nc(CN3CCN(c4ccccc4)CC3)cc(=O)[nH]2)CC1. The molecule has 2 aliphatic rings. The number of aromatic amines is 1. The van der Waals surface area contributed by atoms with Crippen LogP contribution in [0.2, 0.25) is 0 Å². The van der Waals surface area contributed by atoms with Crippen LogP contribution >= 0.6 is 0 Å². The van der Waals surface area contributed by atoms with Gasteiger partial charge in [0.05, 0.1) is 5.69 Å². The second-order valence-corrected chi connectivity index (χ2v) is 8.98. The summed E-state index contributed by atoms with van der Waals surface area (Å²) in [5.41, 5.74) is 1.96. The van der Waals surface area contributed by atoms with E-state index in [0.717, 1.165) is 64.2 Å². The van der Waals surface area contributed by atoms with Crippen LogP contribution in [0, 0.1) is 0 Å². The highest BCUT2D eigenvalue weighted by atomic mass is 16.2. The van der Waals surface area contributed by atoms with Crippen LogP contribution in [0.1, 0.15) is 38.3 Å². The first kappa shape index (κ1) is 23.3.